The minimum absolute atomic E-state index is 0.0729. The summed E-state index contributed by atoms with van der Waals surface area (Å²) in [5.74, 6) is -0.433. The Hall–Kier alpha value is -3.99. The molecule has 0 fully saturated rings. The third-order valence-corrected chi connectivity index (χ3v) is 6.02. The van der Waals surface area contributed by atoms with Crippen LogP contribution in [0.25, 0.3) is 27.3 Å². The van der Waals surface area contributed by atoms with Crippen molar-refractivity contribution in [3.63, 3.8) is 0 Å². The molecule has 0 aliphatic carbocycles. The Balaban J connectivity index is 1.57. The van der Waals surface area contributed by atoms with Crippen LogP contribution in [0.4, 0.5) is 10.1 Å². The number of aryl methyl sites for hydroxylation is 1. The largest absolute Gasteiger partial charge is 0.322 e. The summed E-state index contributed by atoms with van der Waals surface area (Å²) in [6.07, 6.45) is 1.65. The first kappa shape index (κ1) is 20.9. The normalized spacial score (nSPS) is 11.4. The molecule has 0 aliphatic heterocycles. The molecule has 5 rings (SSSR count). The average Bonchev–Trinajstić information content (AvgIpc) is 3.55. The van der Waals surface area contributed by atoms with Crippen LogP contribution in [0.3, 0.4) is 0 Å². The number of aromatic nitrogens is 7. The van der Waals surface area contributed by atoms with E-state index in [2.05, 4.69) is 25.9 Å². The number of halogens is 1. The number of hydrogen-bond donors (Lipinski definition) is 1. The maximum Gasteiger partial charge on any atom is 0.256 e. The number of hydrogen-bond acceptors (Lipinski definition) is 7. The highest BCUT2D eigenvalue weighted by Gasteiger charge is 2.20. The molecule has 9 nitrogen and oxygen atoms in total. The molecule has 1 aromatic carbocycles. The lowest BCUT2D eigenvalue weighted by atomic mass is 10.1. The molecule has 33 heavy (non-hydrogen) atoms. The highest BCUT2D eigenvalue weighted by Crippen LogP contribution is 2.29. The van der Waals surface area contributed by atoms with Gasteiger partial charge in [-0.15, -0.1) is 16.4 Å². The monoisotopic (exact) mass is 462 g/mol. The fourth-order valence-electron chi connectivity index (χ4n) is 3.54. The molecule has 0 aliphatic rings. The number of nitrogens with one attached hydrogen (secondary N) is 1. The second-order valence-corrected chi connectivity index (χ2v) is 8.66. The zero-order valence-corrected chi connectivity index (χ0v) is 18.8. The van der Waals surface area contributed by atoms with Gasteiger partial charge in [0.15, 0.2) is 11.5 Å². The Morgan fingerprint density at radius 3 is 2.76 bits per heavy atom. The number of thiophene rings is 1. The third-order valence-electron chi connectivity index (χ3n) is 5.13. The molecule has 0 unspecified atom stereocenters. The SMILES string of the molecule is Cc1nnnn1-c1cc(NC(=O)c2cc(-c3cccs3)nc3c2cnn3C(C)C)ccc1F. The molecule has 0 bridgehead atoms. The summed E-state index contributed by atoms with van der Waals surface area (Å²) in [6, 6.07) is 9.97. The van der Waals surface area contributed by atoms with Crippen molar-refractivity contribution in [2.75, 3.05) is 5.32 Å². The van der Waals surface area contributed by atoms with Crippen LogP contribution in [0.1, 0.15) is 36.1 Å². The Kier molecular flexibility index (Phi) is 5.17. The summed E-state index contributed by atoms with van der Waals surface area (Å²) in [5.41, 5.74) is 2.30. The van der Waals surface area contributed by atoms with E-state index in [1.54, 1.807) is 35.2 Å². The number of fused-ring (bicyclic) bond motifs is 1. The minimum atomic E-state index is -0.507. The van der Waals surface area contributed by atoms with Crippen LogP contribution in [-0.2, 0) is 0 Å². The second-order valence-electron chi connectivity index (χ2n) is 7.71. The van der Waals surface area contributed by atoms with Crippen LogP contribution in [0.2, 0.25) is 0 Å². The number of carbonyl (C=O) groups is 1. The van der Waals surface area contributed by atoms with E-state index in [1.807, 2.05) is 31.4 Å². The molecule has 0 saturated carbocycles. The number of nitrogens with zero attached hydrogens (tertiary/aromatic N) is 7. The number of pyridine rings is 1. The second kappa shape index (κ2) is 8.17. The fourth-order valence-corrected chi connectivity index (χ4v) is 4.23. The van der Waals surface area contributed by atoms with Gasteiger partial charge in [0, 0.05) is 11.7 Å². The van der Waals surface area contributed by atoms with E-state index in [4.69, 9.17) is 4.98 Å². The molecule has 0 atom stereocenters. The Labute approximate surface area is 191 Å². The van der Waals surface area contributed by atoms with E-state index < -0.39 is 5.82 Å². The molecule has 1 N–H and O–H groups in total. The standard InChI is InChI=1S/C22H19FN8OS/c1-12(2)30-21-16(11-24-30)15(10-18(26-21)20-5-4-8-33-20)22(32)25-14-6-7-17(23)19(9-14)31-13(3)27-28-29-31/h4-12H,1-3H3,(H,25,32). The van der Waals surface area contributed by atoms with Crippen molar-refractivity contribution in [3.8, 4) is 16.3 Å². The predicted molar refractivity (Wildman–Crippen MR) is 123 cm³/mol. The Bertz CT molecular complexity index is 1470. The van der Waals surface area contributed by atoms with Crippen molar-refractivity contribution < 1.29 is 9.18 Å². The lowest BCUT2D eigenvalue weighted by Crippen LogP contribution is -2.14. The van der Waals surface area contributed by atoms with Gasteiger partial charge in [-0.2, -0.15) is 9.78 Å². The van der Waals surface area contributed by atoms with Crippen LogP contribution in [-0.4, -0.2) is 40.9 Å². The van der Waals surface area contributed by atoms with Crippen molar-refractivity contribution in [3.05, 3.63) is 65.2 Å². The molecule has 1 amide bonds. The zero-order chi connectivity index (χ0) is 23.1. The summed E-state index contributed by atoms with van der Waals surface area (Å²) < 4.78 is 17.5. The van der Waals surface area contributed by atoms with E-state index in [-0.39, 0.29) is 17.6 Å². The number of tetrazole rings is 1. The van der Waals surface area contributed by atoms with Crippen molar-refractivity contribution in [2.45, 2.75) is 26.8 Å². The first-order valence-electron chi connectivity index (χ1n) is 10.2. The highest BCUT2D eigenvalue weighted by atomic mass is 32.1. The molecule has 0 saturated heterocycles. The van der Waals surface area contributed by atoms with E-state index in [1.165, 1.54) is 22.9 Å². The lowest BCUT2D eigenvalue weighted by Gasteiger charge is -2.11. The average molecular weight is 463 g/mol. The molecule has 5 aromatic rings. The van der Waals surface area contributed by atoms with Crippen LogP contribution >= 0.6 is 11.3 Å². The minimum Gasteiger partial charge on any atom is -0.322 e. The topological polar surface area (TPSA) is 103 Å². The summed E-state index contributed by atoms with van der Waals surface area (Å²) in [7, 11) is 0. The third kappa shape index (κ3) is 3.76. The van der Waals surface area contributed by atoms with Crippen molar-refractivity contribution in [1.82, 2.24) is 35.0 Å². The quantitative estimate of drug-likeness (QED) is 0.415. The molecular weight excluding hydrogens is 443 g/mol. The number of carbonyl (C=O) groups excluding carboxylic acids is 1. The predicted octanol–water partition coefficient (Wildman–Crippen LogP) is 4.42. The lowest BCUT2D eigenvalue weighted by molar-refractivity contribution is 0.102. The first-order valence-corrected chi connectivity index (χ1v) is 11.1. The zero-order valence-electron chi connectivity index (χ0n) is 18.0. The molecule has 0 spiro atoms. The number of amides is 1. The van der Waals surface area contributed by atoms with E-state index >= 15 is 0 Å². The molecule has 166 valence electrons. The molecule has 4 aromatic heterocycles. The van der Waals surface area contributed by atoms with Crippen molar-refractivity contribution >= 4 is 34.0 Å². The van der Waals surface area contributed by atoms with Gasteiger partial charge in [0.1, 0.15) is 11.5 Å². The van der Waals surface area contributed by atoms with Gasteiger partial charge >= 0.3 is 0 Å². The van der Waals surface area contributed by atoms with Gasteiger partial charge in [-0.25, -0.2) is 14.1 Å². The smallest absolute Gasteiger partial charge is 0.256 e. The number of benzene rings is 1. The van der Waals surface area contributed by atoms with Crippen LogP contribution in [0, 0.1) is 12.7 Å². The Morgan fingerprint density at radius 2 is 2.06 bits per heavy atom. The molecule has 4 heterocycles. The van der Waals surface area contributed by atoms with Crippen LogP contribution in [0.15, 0.2) is 48.0 Å². The van der Waals surface area contributed by atoms with Crippen LogP contribution in [0.5, 0.6) is 0 Å². The summed E-state index contributed by atoms with van der Waals surface area (Å²) in [6.45, 7) is 5.68. The summed E-state index contributed by atoms with van der Waals surface area (Å²) in [4.78, 5) is 19.1. The first-order chi connectivity index (χ1) is 15.9. The summed E-state index contributed by atoms with van der Waals surface area (Å²) in [5, 5.41) is 21.1. The van der Waals surface area contributed by atoms with Gasteiger partial charge < -0.3 is 5.32 Å². The van der Waals surface area contributed by atoms with Crippen molar-refractivity contribution in [1.29, 1.82) is 0 Å². The van der Waals surface area contributed by atoms with Gasteiger partial charge in [-0.1, -0.05) is 6.07 Å². The van der Waals surface area contributed by atoms with Gasteiger partial charge in [0.05, 0.1) is 27.7 Å². The van der Waals surface area contributed by atoms with E-state index in [0.29, 0.717) is 33.8 Å². The maximum atomic E-state index is 14.4. The molecule has 0 radical (unpaired) electrons. The van der Waals surface area contributed by atoms with Crippen molar-refractivity contribution in [2.24, 2.45) is 0 Å². The van der Waals surface area contributed by atoms with E-state index in [0.717, 1.165) is 4.88 Å². The maximum absolute atomic E-state index is 14.4. The summed E-state index contributed by atoms with van der Waals surface area (Å²) >= 11 is 1.54. The molecule has 11 heteroatoms. The fraction of sp³-hybridized carbons (Fsp3) is 0.182. The van der Waals surface area contributed by atoms with Gasteiger partial charge in [-0.05, 0) is 66.9 Å². The molecular formula is C22H19FN8OS. The highest BCUT2D eigenvalue weighted by molar-refractivity contribution is 7.13. The van der Waals surface area contributed by atoms with Crippen LogP contribution < -0.4 is 5.32 Å². The van der Waals surface area contributed by atoms with Gasteiger partial charge in [0.25, 0.3) is 5.91 Å². The number of anilines is 1. The number of rotatable bonds is 5. The van der Waals surface area contributed by atoms with E-state index in [9.17, 15) is 9.18 Å². The van der Waals surface area contributed by atoms with Gasteiger partial charge in [0.2, 0.25) is 0 Å². The van der Waals surface area contributed by atoms with Gasteiger partial charge in [-0.3, -0.25) is 4.79 Å². The Morgan fingerprint density at radius 1 is 1.21 bits per heavy atom.